The molecule has 0 fully saturated rings. The Kier molecular flexibility index (Phi) is 9.16. The number of hydrogen-bond acceptors (Lipinski definition) is 2. The maximum atomic E-state index is 2.43. The molecule has 0 amide bonds. The lowest BCUT2D eigenvalue weighted by Crippen LogP contribution is -2.37. The van der Waals surface area contributed by atoms with E-state index in [1.165, 1.54) is 37.7 Å². The molecule has 0 radical (unpaired) electrons. The molecule has 54 heavy (non-hydrogen) atoms. The molecule has 0 aliphatic carbocycles. The van der Waals surface area contributed by atoms with E-state index in [1.807, 2.05) is 0 Å². The van der Waals surface area contributed by atoms with Crippen molar-refractivity contribution in [3.05, 3.63) is 175 Å². The van der Waals surface area contributed by atoms with E-state index >= 15 is 0 Å². The largest absolute Gasteiger partial charge is 0.310 e. The lowest BCUT2D eigenvalue weighted by Gasteiger charge is -2.31. The molecule has 0 aliphatic rings. The van der Waals surface area contributed by atoms with Crippen molar-refractivity contribution in [1.82, 2.24) is 4.57 Å². The number of anilines is 6. The van der Waals surface area contributed by atoms with Crippen LogP contribution in [0.3, 0.4) is 0 Å². The van der Waals surface area contributed by atoms with E-state index in [-0.39, 0.29) is 0 Å². The minimum absolute atomic E-state index is 1.11. The third-order valence-electron chi connectivity index (χ3n) is 10.6. The van der Waals surface area contributed by atoms with Gasteiger partial charge in [0.15, 0.2) is 0 Å². The van der Waals surface area contributed by atoms with Gasteiger partial charge in [-0.2, -0.15) is 0 Å². The third-order valence-corrected chi connectivity index (χ3v) is 14.7. The number of hydrogen-bond donors (Lipinski definition) is 0. The average Bonchev–Trinajstić information content (AvgIpc) is 3.50. The molecule has 0 N–H and O–H groups in total. The van der Waals surface area contributed by atoms with Crippen LogP contribution >= 0.6 is 0 Å². The highest BCUT2D eigenvalue weighted by atomic mass is 28.3. The SMILES string of the molecule is Cc1ccc(N(c2ccc([Si](C)(C)C)cc2)c2ccc3c4ccccc4n(-c4ccccc4)c3c2)cc1N(c1ccccc1)c1ccc([Si](C)(C)C)cc1. The molecule has 0 atom stereocenters. The van der Waals surface area contributed by atoms with Crippen molar-refractivity contribution in [2.24, 2.45) is 0 Å². The number of aryl methyl sites for hydroxylation is 1. The maximum Gasteiger partial charge on any atom is 0.0775 e. The molecule has 0 unspecified atom stereocenters. The fourth-order valence-electron chi connectivity index (χ4n) is 7.60. The minimum Gasteiger partial charge on any atom is -0.310 e. The maximum absolute atomic E-state index is 2.43. The topological polar surface area (TPSA) is 11.4 Å². The number of fused-ring (bicyclic) bond motifs is 3. The smallest absolute Gasteiger partial charge is 0.0775 e. The van der Waals surface area contributed by atoms with Gasteiger partial charge in [0, 0.05) is 44.9 Å². The molecule has 1 heterocycles. The molecule has 0 spiro atoms. The van der Waals surface area contributed by atoms with Gasteiger partial charge in [-0.1, -0.05) is 141 Å². The quantitative estimate of drug-likeness (QED) is 0.137. The van der Waals surface area contributed by atoms with Crippen molar-refractivity contribution in [1.29, 1.82) is 0 Å². The van der Waals surface area contributed by atoms with Gasteiger partial charge in [0.1, 0.15) is 0 Å². The van der Waals surface area contributed by atoms with E-state index in [0.29, 0.717) is 0 Å². The number of benzene rings is 7. The highest BCUT2D eigenvalue weighted by Gasteiger charge is 2.23. The molecule has 5 heteroatoms. The molecular weight excluding hydrogens is 687 g/mol. The number of rotatable bonds is 9. The number of para-hydroxylation sites is 3. The van der Waals surface area contributed by atoms with Gasteiger partial charge in [-0.3, -0.25) is 0 Å². The Balaban J connectivity index is 1.34. The molecule has 3 nitrogen and oxygen atoms in total. The van der Waals surface area contributed by atoms with Gasteiger partial charge in [0.2, 0.25) is 0 Å². The van der Waals surface area contributed by atoms with Crippen molar-refractivity contribution in [2.75, 3.05) is 9.80 Å². The summed E-state index contributed by atoms with van der Waals surface area (Å²) in [5.74, 6) is 0. The molecule has 268 valence electrons. The van der Waals surface area contributed by atoms with Gasteiger partial charge in [-0.25, -0.2) is 0 Å². The Labute approximate surface area is 322 Å². The first kappa shape index (κ1) is 35.4. The zero-order valence-corrected chi connectivity index (χ0v) is 34.5. The van der Waals surface area contributed by atoms with E-state index < -0.39 is 16.1 Å². The molecule has 0 aliphatic heterocycles. The normalized spacial score (nSPS) is 12.0. The van der Waals surface area contributed by atoms with E-state index in [0.717, 1.165) is 39.8 Å². The highest BCUT2D eigenvalue weighted by molar-refractivity contribution is 6.89. The van der Waals surface area contributed by atoms with Crippen molar-refractivity contribution in [3.63, 3.8) is 0 Å². The van der Waals surface area contributed by atoms with Gasteiger partial charge in [-0.05, 0) is 91.3 Å². The summed E-state index contributed by atoms with van der Waals surface area (Å²) in [5, 5.41) is 5.41. The summed E-state index contributed by atoms with van der Waals surface area (Å²) in [4.78, 5) is 4.84. The predicted octanol–water partition coefficient (Wildman–Crippen LogP) is 13.1. The van der Waals surface area contributed by atoms with Crippen LogP contribution in [0.5, 0.6) is 0 Å². The van der Waals surface area contributed by atoms with E-state index in [1.54, 1.807) is 0 Å². The standard InChI is InChI=1S/C49H49N3Si2/c1-36-22-23-41(34-48(36)51(37-16-10-8-11-17-37)40-26-31-44(32-27-40)54(5,6)7)50(39-24-29-43(30-25-39)53(2,3)4)42-28-33-46-45-20-14-15-21-47(45)52(49(46)35-42)38-18-12-9-13-19-38/h8-35H,1-7H3. The Bertz CT molecular complexity index is 2560. The monoisotopic (exact) mass is 735 g/mol. The van der Waals surface area contributed by atoms with Gasteiger partial charge >= 0.3 is 0 Å². The molecule has 0 saturated carbocycles. The van der Waals surface area contributed by atoms with Crippen LogP contribution in [0.4, 0.5) is 34.1 Å². The number of aromatic nitrogens is 1. The number of nitrogens with zero attached hydrogens (tertiary/aromatic N) is 3. The molecule has 0 saturated heterocycles. The summed E-state index contributed by atoms with van der Waals surface area (Å²) in [6, 6.07) is 62.8. The van der Waals surface area contributed by atoms with Crippen LogP contribution < -0.4 is 20.2 Å². The minimum atomic E-state index is -1.50. The lowest BCUT2D eigenvalue weighted by molar-refractivity contribution is 1.18. The van der Waals surface area contributed by atoms with Crippen LogP contribution in [0.15, 0.2) is 170 Å². The summed E-state index contributed by atoms with van der Waals surface area (Å²) in [6.07, 6.45) is 0. The van der Waals surface area contributed by atoms with E-state index in [4.69, 9.17) is 0 Å². The Morgan fingerprint density at radius 2 is 0.852 bits per heavy atom. The zero-order valence-electron chi connectivity index (χ0n) is 32.5. The van der Waals surface area contributed by atoms with Crippen molar-refractivity contribution in [3.8, 4) is 5.69 Å². The summed E-state index contributed by atoms with van der Waals surface area (Å²) in [5.41, 5.74) is 11.6. The second-order valence-electron chi connectivity index (χ2n) is 16.5. The van der Waals surface area contributed by atoms with Crippen LogP contribution in [0.1, 0.15) is 5.56 Å². The fourth-order valence-corrected chi connectivity index (χ4v) is 9.94. The summed E-state index contributed by atoms with van der Waals surface area (Å²) in [6.45, 7) is 16.7. The Morgan fingerprint density at radius 3 is 1.46 bits per heavy atom. The van der Waals surface area contributed by atoms with E-state index in [2.05, 4.69) is 230 Å². The lowest BCUT2D eigenvalue weighted by atomic mass is 10.1. The first-order chi connectivity index (χ1) is 26.0. The first-order valence-corrected chi connectivity index (χ1v) is 26.0. The van der Waals surface area contributed by atoms with Crippen molar-refractivity contribution < 1.29 is 0 Å². The summed E-state index contributed by atoms with van der Waals surface area (Å²) >= 11 is 0. The average molecular weight is 736 g/mol. The van der Waals surface area contributed by atoms with Crippen LogP contribution in [-0.4, -0.2) is 20.7 Å². The molecule has 1 aromatic heterocycles. The first-order valence-electron chi connectivity index (χ1n) is 19.0. The molecule has 8 aromatic rings. The van der Waals surface area contributed by atoms with Crippen molar-refractivity contribution in [2.45, 2.75) is 46.2 Å². The summed E-state index contributed by atoms with van der Waals surface area (Å²) in [7, 11) is -2.95. The van der Waals surface area contributed by atoms with Gasteiger partial charge < -0.3 is 14.4 Å². The second kappa shape index (κ2) is 14.0. The van der Waals surface area contributed by atoms with E-state index in [9.17, 15) is 0 Å². The molecule has 8 rings (SSSR count). The van der Waals surface area contributed by atoms with Gasteiger partial charge in [0.25, 0.3) is 0 Å². The molecular formula is C49H49N3Si2. The van der Waals surface area contributed by atoms with Crippen LogP contribution in [0, 0.1) is 6.92 Å². The third kappa shape index (κ3) is 6.70. The fraction of sp³-hybridized carbons (Fsp3) is 0.143. The second-order valence-corrected chi connectivity index (χ2v) is 26.6. The highest BCUT2D eigenvalue weighted by Crippen LogP contribution is 2.43. The summed E-state index contributed by atoms with van der Waals surface area (Å²) < 4.78 is 2.41. The molecule has 7 aromatic carbocycles. The zero-order chi connectivity index (χ0) is 37.6. The Morgan fingerprint density at radius 1 is 0.389 bits per heavy atom. The molecule has 0 bridgehead atoms. The Hall–Kier alpha value is -5.63. The van der Waals surface area contributed by atoms with Gasteiger partial charge in [-0.15, -0.1) is 0 Å². The van der Waals surface area contributed by atoms with Crippen LogP contribution in [0.2, 0.25) is 39.3 Å². The van der Waals surface area contributed by atoms with Gasteiger partial charge in [0.05, 0.1) is 32.9 Å². The van der Waals surface area contributed by atoms with Crippen LogP contribution in [-0.2, 0) is 0 Å². The van der Waals surface area contributed by atoms with Crippen LogP contribution in [0.25, 0.3) is 27.5 Å². The predicted molar refractivity (Wildman–Crippen MR) is 241 cm³/mol. The van der Waals surface area contributed by atoms with Crippen molar-refractivity contribution >= 4 is 82.5 Å².